The Kier molecular flexibility index (Phi) is 3.79. The summed E-state index contributed by atoms with van der Waals surface area (Å²) in [4.78, 5) is 12.1. The van der Waals surface area contributed by atoms with E-state index in [1.165, 1.54) is 0 Å². The Morgan fingerprint density at radius 2 is 2.12 bits per heavy atom. The second-order valence-corrected chi connectivity index (χ2v) is 4.80. The standard InChI is InChI=1S/C14H20N2O/c1-10-9-13(10)16-14(17)12-6-4-3-5-11(12)7-8-15-2/h3-6,10,13,15H,7-9H2,1-2H3,(H,16,17). The van der Waals surface area contributed by atoms with Crippen molar-refractivity contribution in [2.24, 2.45) is 5.92 Å². The normalized spacial score (nSPS) is 22.2. The van der Waals surface area contributed by atoms with Gasteiger partial charge in [0.15, 0.2) is 0 Å². The summed E-state index contributed by atoms with van der Waals surface area (Å²) in [6.45, 7) is 3.06. The van der Waals surface area contributed by atoms with Crippen molar-refractivity contribution in [3.8, 4) is 0 Å². The Labute approximate surface area is 103 Å². The van der Waals surface area contributed by atoms with Gasteiger partial charge in [0.2, 0.25) is 0 Å². The molecule has 2 rings (SSSR count). The minimum absolute atomic E-state index is 0.0750. The smallest absolute Gasteiger partial charge is 0.251 e. The summed E-state index contributed by atoms with van der Waals surface area (Å²) in [5.74, 6) is 0.717. The van der Waals surface area contributed by atoms with Crippen LogP contribution in [0.25, 0.3) is 0 Å². The second-order valence-electron chi connectivity index (χ2n) is 4.80. The van der Waals surface area contributed by atoms with Gasteiger partial charge in [-0.25, -0.2) is 0 Å². The van der Waals surface area contributed by atoms with Gasteiger partial charge < -0.3 is 10.6 Å². The van der Waals surface area contributed by atoms with Crippen LogP contribution < -0.4 is 10.6 Å². The molecule has 0 aromatic heterocycles. The van der Waals surface area contributed by atoms with Crippen LogP contribution in [0.2, 0.25) is 0 Å². The number of nitrogens with one attached hydrogen (secondary N) is 2. The minimum Gasteiger partial charge on any atom is -0.349 e. The predicted octanol–water partition coefficient (Wildman–Crippen LogP) is 1.59. The van der Waals surface area contributed by atoms with Gasteiger partial charge in [0.05, 0.1) is 0 Å². The van der Waals surface area contributed by atoms with Gasteiger partial charge in [-0.05, 0) is 44.0 Å². The molecule has 0 aliphatic heterocycles. The largest absolute Gasteiger partial charge is 0.349 e. The van der Waals surface area contributed by atoms with E-state index in [1.54, 1.807) is 0 Å². The number of hydrogen-bond donors (Lipinski definition) is 2. The van der Waals surface area contributed by atoms with Gasteiger partial charge in [-0.3, -0.25) is 4.79 Å². The summed E-state index contributed by atoms with van der Waals surface area (Å²) in [5, 5.41) is 6.19. The maximum absolute atomic E-state index is 12.1. The predicted molar refractivity (Wildman–Crippen MR) is 69.1 cm³/mol. The fourth-order valence-corrected chi connectivity index (χ4v) is 1.99. The van der Waals surface area contributed by atoms with Gasteiger partial charge in [0, 0.05) is 11.6 Å². The highest BCUT2D eigenvalue weighted by molar-refractivity contribution is 5.96. The highest BCUT2D eigenvalue weighted by Crippen LogP contribution is 2.29. The lowest BCUT2D eigenvalue weighted by molar-refractivity contribution is 0.0948. The molecule has 1 amide bonds. The van der Waals surface area contributed by atoms with Crippen LogP contribution in [-0.4, -0.2) is 25.5 Å². The third-order valence-electron chi connectivity index (χ3n) is 3.33. The van der Waals surface area contributed by atoms with Crippen LogP contribution in [0.1, 0.15) is 29.3 Å². The zero-order valence-electron chi connectivity index (χ0n) is 10.5. The SMILES string of the molecule is CNCCc1ccccc1C(=O)NC1CC1C. The van der Waals surface area contributed by atoms with Crippen LogP contribution in [-0.2, 0) is 6.42 Å². The summed E-state index contributed by atoms with van der Waals surface area (Å²) in [6.07, 6.45) is 2.00. The Morgan fingerprint density at radius 3 is 2.76 bits per heavy atom. The lowest BCUT2D eigenvalue weighted by Crippen LogP contribution is -2.28. The number of hydrogen-bond acceptors (Lipinski definition) is 2. The number of amides is 1. The molecule has 0 bridgehead atoms. The molecule has 0 heterocycles. The molecule has 2 N–H and O–H groups in total. The van der Waals surface area contributed by atoms with Crippen molar-refractivity contribution in [1.29, 1.82) is 0 Å². The Balaban J connectivity index is 2.04. The fourth-order valence-electron chi connectivity index (χ4n) is 1.99. The van der Waals surface area contributed by atoms with Crippen LogP contribution in [0.15, 0.2) is 24.3 Å². The molecule has 3 heteroatoms. The van der Waals surface area contributed by atoms with Crippen molar-refractivity contribution in [3.05, 3.63) is 35.4 Å². The highest BCUT2D eigenvalue weighted by atomic mass is 16.1. The molecule has 17 heavy (non-hydrogen) atoms. The summed E-state index contributed by atoms with van der Waals surface area (Å²) in [6, 6.07) is 8.24. The highest BCUT2D eigenvalue weighted by Gasteiger charge is 2.34. The van der Waals surface area contributed by atoms with Gasteiger partial charge >= 0.3 is 0 Å². The van der Waals surface area contributed by atoms with Crippen molar-refractivity contribution in [2.45, 2.75) is 25.8 Å². The summed E-state index contributed by atoms with van der Waals surface area (Å²) in [5.41, 5.74) is 1.94. The number of likely N-dealkylation sites (N-methyl/N-ethyl adjacent to an activating group) is 1. The topological polar surface area (TPSA) is 41.1 Å². The second kappa shape index (κ2) is 5.32. The first-order valence-electron chi connectivity index (χ1n) is 6.25. The number of benzene rings is 1. The van der Waals surface area contributed by atoms with Gasteiger partial charge in [0.25, 0.3) is 5.91 Å². The van der Waals surface area contributed by atoms with Crippen LogP contribution in [0, 0.1) is 5.92 Å². The zero-order valence-corrected chi connectivity index (χ0v) is 10.5. The average molecular weight is 232 g/mol. The molecule has 1 fully saturated rings. The molecule has 1 aliphatic rings. The van der Waals surface area contributed by atoms with Gasteiger partial charge in [-0.2, -0.15) is 0 Å². The lowest BCUT2D eigenvalue weighted by atomic mass is 10.0. The Morgan fingerprint density at radius 1 is 1.41 bits per heavy atom. The molecule has 1 aromatic rings. The molecular formula is C14H20N2O. The van der Waals surface area contributed by atoms with E-state index in [4.69, 9.17) is 0 Å². The minimum atomic E-state index is 0.0750. The molecule has 1 saturated carbocycles. The third-order valence-corrected chi connectivity index (χ3v) is 3.33. The molecule has 0 spiro atoms. The van der Waals surface area contributed by atoms with Crippen molar-refractivity contribution in [3.63, 3.8) is 0 Å². The molecule has 0 saturated heterocycles. The average Bonchev–Trinajstić information content (AvgIpc) is 3.02. The summed E-state index contributed by atoms with van der Waals surface area (Å²) in [7, 11) is 1.93. The van der Waals surface area contributed by atoms with Crippen LogP contribution in [0.3, 0.4) is 0 Å². The van der Waals surface area contributed by atoms with Crippen molar-refractivity contribution < 1.29 is 4.79 Å². The first kappa shape index (κ1) is 12.1. The van der Waals surface area contributed by atoms with Crippen LogP contribution in [0.5, 0.6) is 0 Å². The Hall–Kier alpha value is -1.35. The summed E-state index contributed by atoms with van der Waals surface area (Å²) >= 11 is 0. The molecule has 1 aromatic carbocycles. The quantitative estimate of drug-likeness (QED) is 0.809. The van der Waals surface area contributed by atoms with E-state index in [1.807, 2.05) is 31.3 Å². The zero-order chi connectivity index (χ0) is 12.3. The first-order chi connectivity index (χ1) is 8.22. The maximum Gasteiger partial charge on any atom is 0.251 e. The first-order valence-corrected chi connectivity index (χ1v) is 6.25. The fraction of sp³-hybridized carbons (Fsp3) is 0.500. The molecule has 2 atom stereocenters. The van der Waals surface area contributed by atoms with Gasteiger partial charge in [-0.15, -0.1) is 0 Å². The molecule has 1 aliphatic carbocycles. The van der Waals surface area contributed by atoms with E-state index in [0.717, 1.165) is 30.5 Å². The Bertz CT molecular complexity index is 403. The van der Waals surface area contributed by atoms with E-state index in [9.17, 15) is 4.79 Å². The van der Waals surface area contributed by atoms with Crippen molar-refractivity contribution >= 4 is 5.91 Å². The van der Waals surface area contributed by atoms with E-state index in [2.05, 4.69) is 17.6 Å². The molecule has 3 nitrogen and oxygen atoms in total. The number of carbonyl (C=O) groups excluding carboxylic acids is 1. The van der Waals surface area contributed by atoms with E-state index >= 15 is 0 Å². The van der Waals surface area contributed by atoms with E-state index < -0.39 is 0 Å². The molecular weight excluding hydrogens is 212 g/mol. The van der Waals surface area contributed by atoms with E-state index in [-0.39, 0.29) is 5.91 Å². The van der Waals surface area contributed by atoms with Crippen molar-refractivity contribution in [1.82, 2.24) is 10.6 Å². The van der Waals surface area contributed by atoms with Crippen LogP contribution >= 0.6 is 0 Å². The van der Waals surface area contributed by atoms with Crippen molar-refractivity contribution in [2.75, 3.05) is 13.6 Å². The monoisotopic (exact) mass is 232 g/mol. The molecule has 2 unspecified atom stereocenters. The maximum atomic E-state index is 12.1. The third kappa shape index (κ3) is 3.07. The lowest BCUT2D eigenvalue weighted by Gasteiger charge is -2.09. The summed E-state index contributed by atoms with van der Waals surface area (Å²) < 4.78 is 0. The van der Waals surface area contributed by atoms with Crippen LogP contribution in [0.4, 0.5) is 0 Å². The molecule has 92 valence electrons. The molecule has 0 radical (unpaired) electrons. The van der Waals surface area contributed by atoms with E-state index in [0.29, 0.717) is 12.0 Å². The number of carbonyl (C=O) groups is 1. The number of rotatable bonds is 5. The van der Waals surface area contributed by atoms with Gasteiger partial charge in [0.1, 0.15) is 0 Å². The van der Waals surface area contributed by atoms with Gasteiger partial charge in [-0.1, -0.05) is 25.1 Å².